The highest BCUT2D eigenvalue weighted by Crippen LogP contribution is 2.36. The number of benzene rings is 3. The molecule has 1 N–H and O–H groups in total. The van der Waals surface area contributed by atoms with Crippen molar-refractivity contribution in [2.75, 3.05) is 5.21 Å². The molecule has 1 atom stereocenters. The lowest BCUT2D eigenvalue weighted by molar-refractivity contribution is -0.275. The summed E-state index contributed by atoms with van der Waals surface area (Å²) in [7, 11) is 0. The molecule has 0 bridgehead atoms. The lowest BCUT2D eigenvalue weighted by atomic mass is 10.1. The Balaban J connectivity index is 1.72. The molecule has 6 nitrogen and oxygen atoms in total. The van der Waals surface area contributed by atoms with Gasteiger partial charge < -0.3 is 9.47 Å². The lowest BCUT2D eigenvalue weighted by Crippen LogP contribution is -2.25. The first-order valence-electron chi connectivity index (χ1n) is 10.7. The van der Waals surface area contributed by atoms with Crippen LogP contribution in [0.15, 0.2) is 76.6 Å². The van der Waals surface area contributed by atoms with E-state index in [0.717, 1.165) is 11.8 Å². The smallest absolute Gasteiger partial charge is 0.457 e. The summed E-state index contributed by atoms with van der Waals surface area (Å²) in [4.78, 5) is 10.1. The Morgan fingerprint density at radius 2 is 1.86 bits per heavy atom. The van der Waals surface area contributed by atoms with Crippen LogP contribution in [-0.4, -0.2) is 17.4 Å². The van der Waals surface area contributed by atoms with Crippen molar-refractivity contribution in [2.45, 2.75) is 30.7 Å². The second kappa shape index (κ2) is 13.4. The Hall–Kier alpha value is -3.10. The molecule has 3 aromatic carbocycles. The molecule has 0 amide bonds. The van der Waals surface area contributed by atoms with E-state index in [1.807, 2.05) is 0 Å². The number of thioether (sulfide) groups is 1. The van der Waals surface area contributed by atoms with Gasteiger partial charge in [0.15, 0.2) is 6.10 Å². The van der Waals surface area contributed by atoms with Crippen molar-refractivity contribution in [1.82, 2.24) is 5.48 Å². The minimum absolute atomic E-state index is 0.0219. The van der Waals surface area contributed by atoms with Crippen LogP contribution in [0.5, 0.6) is 17.2 Å². The third-order valence-corrected chi connectivity index (χ3v) is 5.90. The molecule has 0 heterocycles. The average molecular weight is 570 g/mol. The van der Waals surface area contributed by atoms with E-state index in [1.165, 1.54) is 18.2 Å². The first-order valence-corrected chi connectivity index (χ1v) is 12.6. The van der Waals surface area contributed by atoms with Crippen LogP contribution in [0.3, 0.4) is 0 Å². The van der Waals surface area contributed by atoms with Gasteiger partial charge in [0.05, 0.1) is 15.8 Å². The number of aliphatic imine (C=N–C) groups is 1. The number of hydrogen-bond donors (Lipinski definition) is 1. The van der Waals surface area contributed by atoms with Gasteiger partial charge >= 0.3 is 6.36 Å². The van der Waals surface area contributed by atoms with Gasteiger partial charge in [-0.2, -0.15) is 5.26 Å². The van der Waals surface area contributed by atoms with Gasteiger partial charge in [0.2, 0.25) is 0 Å². The van der Waals surface area contributed by atoms with E-state index in [4.69, 9.17) is 32.8 Å². The van der Waals surface area contributed by atoms with Gasteiger partial charge in [0.1, 0.15) is 29.2 Å². The predicted molar refractivity (Wildman–Crippen MR) is 138 cm³/mol. The second-order valence-electron chi connectivity index (χ2n) is 7.20. The van der Waals surface area contributed by atoms with Crippen molar-refractivity contribution < 1.29 is 27.5 Å². The van der Waals surface area contributed by atoms with E-state index in [0.29, 0.717) is 40.0 Å². The first kappa shape index (κ1) is 28.5. The molecule has 0 aliphatic heterocycles. The van der Waals surface area contributed by atoms with E-state index in [2.05, 4.69) is 21.3 Å². The largest absolute Gasteiger partial charge is 0.573 e. The zero-order chi connectivity index (χ0) is 26.8. The normalized spacial score (nSPS) is 12.5. The number of amidine groups is 1. The molecular weight excluding hydrogens is 550 g/mol. The standard InChI is InChI=1S/C25H20Cl2F3N3O3S/c1-2-24(32-18-8-11-21(35-25(28,29)30)23(13-18)37-15-26)33-36-22(14-31)16-4-3-5-20(12-16)34-19-9-6-17(27)7-10-19/h3-13,22H,2,15H2,1H3,(H,32,33). The average Bonchev–Trinajstić information content (AvgIpc) is 2.86. The van der Waals surface area contributed by atoms with Crippen LogP contribution in [0.1, 0.15) is 25.0 Å². The van der Waals surface area contributed by atoms with Crippen molar-refractivity contribution in [2.24, 2.45) is 4.99 Å². The number of hydrogen-bond acceptors (Lipinski definition) is 6. The molecule has 3 rings (SSSR count). The third-order valence-electron chi connectivity index (χ3n) is 4.58. The molecule has 0 spiro atoms. The number of alkyl halides is 4. The molecule has 194 valence electrons. The number of nitrogens with zero attached hydrogens (tertiary/aromatic N) is 2. The maximum absolute atomic E-state index is 12.7. The van der Waals surface area contributed by atoms with Gasteiger partial charge in [-0.05, 0) is 54.6 Å². The topological polar surface area (TPSA) is 75.9 Å². The van der Waals surface area contributed by atoms with E-state index in [9.17, 15) is 18.4 Å². The minimum atomic E-state index is -4.83. The number of nitrogens with one attached hydrogen (secondary N) is 1. The number of nitriles is 1. The maximum atomic E-state index is 12.7. The number of ether oxygens (including phenoxy) is 2. The quantitative estimate of drug-likeness (QED) is 0.0866. The molecule has 12 heteroatoms. The van der Waals surface area contributed by atoms with Crippen molar-refractivity contribution in [3.8, 4) is 23.3 Å². The number of rotatable bonds is 10. The molecule has 0 radical (unpaired) electrons. The summed E-state index contributed by atoms with van der Waals surface area (Å²) in [5.74, 6) is 1.05. The molecule has 0 aliphatic carbocycles. The highest BCUT2D eigenvalue weighted by Gasteiger charge is 2.32. The molecule has 0 saturated carbocycles. The Labute approximate surface area is 225 Å². The van der Waals surface area contributed by atoms with Crippen LogP contribution < -0.4 is 15.0 Å². The summed E-state index contributed by atoms with van der Waals surface area (Å²) in [5, 5.41) is 10.3. The van der Waals surface area contributed by atoms with E-state index in [-0.39, 0.29) is 15.9 Å². The highest BCUT2D eigenvalue weighted by atomic mass is 35.5. The second-order valence-corrected chi connectivity index (χ2v) is 9.24. The fourth-order valence-corrected chi connectivity index (χ4v) is 4.00. The number of hydroxylamine groups is 1. The summed E-state index contributed by atoms with van der Waals surface area (Å²) in [5.41, 5.74) is 3.56. The molecule has 1 unspecified atom stereocenters. The van der Waals surface area contributed by atoms with Crippen molar-refractivity contribution >= 4 is 46.5 Å². The van der Waals surface area contributed by atoms with Gasteiger partial charge in [-0.1, -0.05) is 30.7 Å². The van der Waals surface area contributed by atoms with Gasteiger partial charge in [-0.3, -0.25) is 10.3 Å². The van der Waals surface area contributed by atoms with Gasteiger partial charge in [0, 0.05) is 17.0 Å². The predicted octanol–water partition coefficient (Wildman–Crippen LogP) is 8.55. The van der Waals surface area contributed by atoms with Crippen LogP contribution >= 0.6 is 35.0 Å². The zero-order valence-corrected chi connectivity index (χ0v) is 21.6. The first-order chi connectivity index (χ1) is 17.7. The fraction of sp³-hybridized carbons (Fsp3) is 0.200. The molecule has 37 heavy (non-hydrogen) atoms. The van der Waals surface area contributed by atoms with Crippen molar-refractivity contribution in [3.63, 3.8) is 0 Å². The number of halogens is 5. The van der Waals surface area contributed by atoms with Crippen LogP contribution in [-0.2, 0) is 4.84 Å². The zero-order valence-electron chi connectivity index (χ0n) is 19.3. The van der Waals surface area contributed by atoms with Crippen molar-refractivity contribution in [1.29, 1.82) is 5.26 Å². The molecular formula is C25H20Cl2F3N3O3S. The molecule has 0 fully saturated rings. The summed E-state index contributed by atoms with van der Waals surface area (Å²) in [6.45, 7) is 1.80. The van der Waals surface area contributed by atoms with E-state index < -0.39 is 12.5 Å². The van der Waals surface area contributed by atoms with Gasteiger partial charge in [-0.25, -0.2) is 4.99 Å². The molecule has 3 aromatic rings. The van der Waals surface area contributed by atoms with Crippen LogP contribution in [0.25, 0.3) is 0 Å². The Morgan fingerprint density at radius 1 is 1.11 bits per heavy atom. The highest BCUT2D eigenvalue weighted by molar-refractivity contribution is 8.00. The van der Waals surface area contributed by atoms with E-state index >= 15 is 0 Å². The van der Waals surface area contributed by atoms with Crippen LogP contribution in [0, 0.1) is 11.3 Å². The summed E-state index contributed by atoms with van der Waals surface area (Å²) in [6.07, 6.45) is -5.45. The van der Waals surface area contributed by atoms with Crippen molar-refractivity contribution in [3.05, 3.63) is 77.3 Å². The SMILES string of the molecule is CCC(=Nc1ccc(OC(F)(F)F)c(SCCl)c1)NOC(C#N)c1cccc(Oc2ccc(Cl)cc2)c1. The molecule has 0 aliphatic rings. The minimum Gasteiger partial charge on any atom is -0.457 e. The van der Waals surface area contributed by atoms with Gasteiger partial charge in [-0.15, -0.1) is 36.5 Å². The Bertz CT molecular complexity index is 1270. The maximum Gasteiger partial charge on any atom is 0.573 e. The Morgan fingerprint density at radius 3 is 2.51 bits per heavy atom. The molecule has 0 saturated heterocycles. The van der Waals surface area contributed by atoms with Gasteiger partial charge in [0.25, 0.3) is 0 Å². The summed E-state index contributed by atoms with van der Waals surface area (Å²) < 4.78 is 47.9. The van der Waals surface area contributed by atoms with Crippen LogP contribution in [0.2, 0.25) is 5.02 Å². The summed E-state index contributed by atoms with van der Waals surface area (Å²) >= 11 is 12.6. The van der Waals surface area contributed by atoms with E-state index in [1.54, 1.807) is 55.5 Å². The van der Waals surface area contributed by atoms with Crippen LogP contribution in [0.4, 0.5) is 18.9 Å². The Kier molecular flexibility index (Phi) is 10.3. The monoisotopic (exact) mass is 569 g/mol. The molecule has 0 aromatic heterocycles. The fourth-order valence-electron chi connectivity index (χ4n) is 2.95. The third kappa shape index (κ3) is 9.05. The summed E-state index contributed by atoms with van der Waals surface area (Å²) in [6, 6.07) is 19.7. The lowest BCUT2D eigenvalue weighted by Gasteiger charge is -2.15.